The number of hydrogen-bond donors (Lipinski definition) is 3. The Morgan fingerprint density at radius 2 is 1.82 bits per heavy atom. The van der Waals surface area contributed by atoms with Crippen LogP contribution >= 0.6 is 0 Å². The minimum atomic E-state index is -0.763. The molecule has 3 N–H and O–H groups in total. The Morgan fingerprint density at radius 3 is 2.45 bits per heavy atom. The lowest BCUT2D eigenvalue weighted by Crippen LogP contribution is -2.42. The van der Waals surface area contributed by atoms with Gasteiger partial charge in [-0.1, -0.05) is 50.4 Å². The monoisotopic (exact) mass is 456 g/mol. The summed E-state index contributed by atoms with van der Waals surface area (Å²) in [6, 6.07) is 7.87. The molecule has 1 heterocycles. The van der Waals surface area contributed by atoms with Gasteiger partial charge in [0.25, 0.3) is 5.91 Å². The first-order valence-corrected chi connectivity index (χ1v) is 11.4. The first kappa shape index (κ1) is 24.3. The molecule has 1 fully saturated rings. The van der Waals surface area contributed by atoms with Crippen molar-refractivity contribution in [3.63, 3.8) is 0 Å². The zero-order valence-corrected chi connectivity index (χ0v) is 19.3. The van der Waals surface area contributed by atoms with Crippen molar-refractivity contribution in [2.45, 2.75) is 64.5 Å². The molecule has 0 unspecified atom stereocenters. The van der Waals surface area contributed by atoms with Crippen molar-refractivity contribution in [2.24, 2.45) is 5.92 Å². The fourth-order valence-corrected chi connectivity index (χ4v) is 3.90. The number of nitrogens with one attached hydrogen (secondary N) is 3. The molecule has 1 atom stereocenters. The van der Waals surface area contributed by atoms with Crippen molar-refractivity contribution in [3.05, 3.63) is 36.1 Å². The number of anilines is 1. The van der Waals surface area contributed by atoms with Crippen LogP contribution in [0.15, 0.2) is 34.9 Å². The average molecular weight is 457 g/mol. The quantitative estimate of drug-likeness (QED) is 0.514. The molecule has 1 aliphatic carbocycles. The number of carbonyl (C=O) groups excluding carboxylic acids is 3. The van der Waals surface area contributed by atoms with Crippen LogP contribution in [-0.2, 0) is 9.53 Å². The fraction of sp³-hybridized carbons (Fsp3) is 0.500. The first-order chi connectivity index (χ1) is 15.9. The molecule has 1 aromatic carbocycles. The van der Waals surface area contributed by atoms with E-state index in [1.54, 1.807) is 24.3 Å². The van der Waals surface area contributed by atoms with Gasteiger partial charge < -0.3 is 25.2 Å². The Bertz CT molecular complexity index is 948. The molecule has 0 spiro atoms. The molecule has 9 nitrogen and oxygen atoms in total. The second-order valence-electron chi connectivity index (χ2n) is 8.77. The molecule has 33 heavy (non-hydrogen) atoms. The summed E-state index contributed by atoms with van der Waals surface area (Å²) in [5.74, 6) is -0.858. The number of ether oxygens (including phenoxy) is 1. The second kappa shape index (κ2) is 11.5. The number of nitrogens with zero attached hydrogens (tertiary/aromatic N) is 1. The van der Waals surface area contributed by atoms with Gasteiger partial charge in [-0.3, -0.25) is 4.79 Å². The maximum Gasteiger partial charge on any atom is 0.328 e. The van der Waals surface area contributed by atoms with E-state index in [-0.39, 0.29) is 23.8 Å². The molecule has 0 aliphatic heterocycles. The van der Waals surface area contributed by atoms with Crippen molar-refractivity contribution in [1.82, 2.24) is 15.8 Å². The van der Waals surface area contributed by atoms with E-state index in [0.29, 0.717) is 17.8 Å². The summed E-state index contributed by atoms with van der Waals surface area (Å²) in [6.45, 7) is 3.90. The summed E-state index contributed by atoms with van der Waals surface area (Å²) in [4.78, 5) is 36.7. The number of esters is 1. The van der Waals surface area contributed by atoms with Gasteiger partial charge in [-0.15, -0.1) is 0 Å². The highest BCUT2D eigenvalue weighted by Gasteiger charge is 2.25. The number of amides is 3. The maximum absolute atomic E-state index is 12.5. The van der Waals surface area contributed by atoms with Crippen LogP contribution < -0.4 is 16.0 Å². The molecule has 3 rings (SSSR count). The van der Waals surface area contributed by atoms with Crippen LogP contribution in [0.25, 0.3) is 11.3 Å². The molecule has 3 amide bonds. The summed E-state index contributed by atoms with van der Waals surface area (Å²) >= 11 is 0. The Balaban J connectivity index is 1.58. The third kappa shape index (κ3) is 7.06. The molecule has 178 valence electrons. The van der Waals surface area contributed by atoms with E-state index in [9.17, 15) is 14.4 Å². The van der Waals surface area contributed by atoms with E-state index in [1.165, 1.54) is 19.6 Å². The van der Waals surface area contributed by atoms with E-state index in [2.05, 4.69) is 21.1 Å². The molecule has 1 aliphatic rings. The normalized spacial score (nSPS) is 15.0. The van der Waals surface area contributed by atoms with Gasteiger partial charge in [0.2, 0.25) is 5.76 Å². The highest BCUT2D eigenvalue weighted by Crippen LogP contribution is 2.22. The van der Waals surface area contributed by atoms with Gasteiger partial charge in [0.1, 0.15) is 11.7 Å². The van der Waals surface area contributed by atoms with Crippen LogP contribution in [0, 0.1) is 5.92 Å². The summed E-state index contributed by atoms with van der Waals surface area (Å²) in [6.07, 6.45) is 6.02. The van der Waals surface area contributed by atoms with E-state index < -0.39 is 17.9 Å². The van der Waals surface area contributed by atoms with Crippen molar-refractivity contribution in [2.75, 3.05) is 12.4 Å². The van der Waals surface area contributed by atoms with Crippen molar-refractivity contribution < 1.29 is 23.6 Å². The lowest BCUT2D eigenvalue weighted by atomic mass is 9.96. The second-order valence-corrected chi connectivity index (χ2v) is 8.77. The smallest absolute Gasteiger partial charge is 0.328 e. The fourth-order valence-electron chi connectivity index (χ4n) is 3.90. The van der Waals surface area contributed by atoms with Crippen LogP contribution in [0.4, 0.5) is 10.5 Å². The Hall–Kier alpha value is -3.36. The summed E-state index contributed by atoms with van der Waals surface area (Å²) in [7, 11) is 1.28. The summed E-state index contributed by atoms with van der Waals surface area (Å²) in [5, 5.41) is 12.5. The zero-order valence-electron chi connectivity index (χ0n) is 19.3. The average Bonchev–Trinajstić information content (AvgIpc) is 3.29. The maximum atomic E-state index is 12.5. The molecule has 1 saturated carbocycles. The molecule has 2 aromatic rings. The van der Waals surface area contributed by atoms with E-state index in [0.717, 1.165) is 31.2 Å². The van der Waals surface area contributed by atoms with Crippen molar-refractivity contribution >= 4 is 23.6 Å². The van der Waals surface area contributed by atoms with Gasteiger partial charge in [0.05, 0.1) is 7.11 Å². The molecule has 0 radical (unpaired) electrons. The van der Waals surface area contributed by atoms with Crippen LogP contribution in [-0.4, -0.2) is 42.3 Å². The molecular formula is C24H32N4O5. The lowest BCUT2D eigenvalue weighted by Gasteiger charge is -2.22. The van der Waals surface area contributed by atoms with E-state index in [4.69, 9.17) is 9.26 Å². The number of urea groups is 1. The van der Waals surface area contributed by atoms with Crippen molar-refractivity contribution in [1.29, 1.82) is 0 Å². The molecule has 0 bridgehead atoms. The molecular weight excluding hydrogens is 424 g/mol. The summed E-state index contributed by atoms with van der Waals surface area (Å²) < 4.78 is 9.96. The van der Waals surface area contributed by atoms with Crippen molar-refractivity contribution in [3.8, 4) is 11.3 Å². The number of carbonyl (C=O) groups is 3. The largest absolute Gasteiger partial charge is 0.467 e. The van der Waals surface area contributed by atoms with Crippen LogP contribution in [0.1, 0.15) is 62.9 Å². The van der Waals surface area contributed by atoms with Crippen LogP contribution in [0.3, 0.4) is 0 Å². The third-order valence-corrected chi connectivity index (χ3v) is 5.61. The highest BCUT2D eigenvalue weighted by atomic mass is 16.5. The lowest BCUT2D eigenvalue weighted by molar-refractivity contribution is -0.143. The number of methoxy groups -OCH3 is 1. The van der Waals surface area contributed by atoms with Crippen LogP contribution in [0.2, 0.25) is 0 Å². The zero-order chi connectivity index (χ0) is 23.8. The Morgan fingerprint density at radius 1 is 1.12 bits per heavy atom. The van der Waals surface area contributed by atoms with Gasteiger partial charge in [0, 0.05) is 23.4 Å². The highest BCUT2D eigenvalue weighted by molar-refractivity contribution is 5.95. The minimum Gasteiger partial charge on any atom is -0.467 e. The molecule has 9 heteroatoms. The number of benzene rings is 1. The Labute approximate surface area is 193 Å². The number of rotatable bonds is 8. The number of aromatic nitrogens is 1. The van der Waals surface area contributed by atoms with E-state index >= 15 is 0 Å². The van der Waals surface area contributed by atoms with Gasteiger partial charge in [0.15, 0.2) is 0 Å². The minimum absolute atomic E-state index is 0.00304. The van der Waals surface area contributed by atoms with Gasteiger partial charge in [-0.25, -0.2) is 9.59 Å². The SMILES string of the molecule is COC(=O)[C@H](CC(C)C)NC(=O)c1cc(-c2ccc(NC(=O)NC3CCCCC3)cc2)no1. The summed E-state index contributed by atoms with van der Waals surface area (Å²) in [5.41, 5.74) is 1.85. The number of hydrogen-bond acceptors (Lipinski definition) is 6. The van der Waals surface area contributed by atoms with Gasteiger partial charge in [-0.05, 0) is 37.3 Å². The van der Waals surface area contributed by atoms with Crippen LogP contribution in [0.5, 0.6) is 0 Å². The molecule has 1 aromatic heterocycles. The molecule has 0 saturated heterocycles. The predicted octanol–water partition coefficient (Wildman–Crippen LogP) is 4.11. The first-order valence-electron chi connectivity index (χ1n) is 11.4. The van der Waals surface area contributed by atoms with E-state index in [1.807, 2.05) is 13.8 Å². The predicted molar refractivity (Wildman–Crippen MR) is 124 cm³/mol. The Kier molecular flexibility index (Phi) is 8.46. The van der Waals surface area contributed by atoms with Gasteiger partial charge in [-0.2, -0.15) is 0 Å². The topological polar surface area (TPSA) is 123 Å². The van der Waals surface area contributed by atoms with Gasteiger partial charge >= 0.3 is 12.0 Å². The third-order valence-electron chi connectivity index (χ3n) is 5.61. The standard InChI is InChI=1S/C24H32N4O5/c1-15(2)13-20(23(30)32-3)27-22(29)21-14-19(28-33-21)16-9-11-18(12-10-16)26-24(31)25-17-7-5-4-6-8-17/h9-12,14-15,17,20H,4-8,13H2,1-3H3,(H,27,29)(H2,25,26,31)/t20-/m0/s1.